The summed E-state index contributed by atoms with van der Waals surface area (Å²) >= 11 is 0. The number of benzene rings is 2. The molecule has 1 heterocycles. The zero-order valence-electron chi connectivity index (χ0n) is 17.9. The standard InChI is InChI=1S/C22H29N3O4S/c1-17(2)24-12-14-25(15-13-24)22(26)18-6-5-7-21(16-18)30(27,28)23(3)19-8-10-20(29-4)11-9-19/h5-11,16-17H,12-15H2,1-4H3. The summed E-state index contributed by atoms with van der Waals surface area (Å²) in [6.07, 6.45) is 0. The van der Waals surface area contributed by atoms with E-state index in [0.717, 1.165) is 13.1 Å². The predicted octanol–water partition coefficient (Wildman–Crippen LogP) is 2.69. The minimum absolute atomic E-state index is 0.0903. The predicted molar refractivity (Wildman–Crippen MR) is 118 cm³/mol. The number of anilines is 1. The average molecular weight is 432 g/mol. The van der Waals surface area contributed by atoms with Crippen molar-refractivity contribution in [2.75, 3.05) is 44.6 Å². The number of hydrogen-bond acceptors (Lipinski definition) is 5. The molecular weight excluding hydrogens is 402 g/mol. The first-order chi connectivity index (χ1) is 14.2. The minimum Gasteiger partial charge on any atom is -0.497 e. The van der Waals surface area contributed by atoms with Crippen LogP contribution in [0.4, 0.5) is 5.69 Å². The molecule has 162 valence electrons. The molecule has 0 radical (unpaired) electrons. The van der Waals surface area contributed by atoms with Gasteiger partial charge in [-0.05, 0) is 56.3 Å². The number of ether oxygens (including phenoxy) is 1. The Morgan fingerprint density at radius 1 is 1.03 bits per heavy atom. The number of methoxy groups -OCH3 is 1. The molecule has 0 saturated carbocycles. The molecule has 8 heteroatoms. The van der Waals surface area contributed by atoms with E-state index in [0.29, 0.717) is 36.1 Å². The van der Waals surface area contributed by atoms with Crippen LogP contribution < -0.4 is 9.04 Å². The van der Waals surface area contributed by atoms with Crippen LogP contribution in [0.5, 0.6) is 5.75 Å². The van der Waals surface area contributed by atoms with Gasteiger partial charge in [0, 0.05) is 44.8 Å². The van der Waals surface area contributed by atoms with E-state index in [2.05, 4.69) is 18.7 Å². The normalized spacial score (nSPS) is 15.3. The van der Waals surface area contributed by atoms with E-state index in [1.54, 1.807) is 48.4 Å². The van der Waals surface area contributed by atoms with Crippen molar-refractivity contribution in [3.05, 3.63) is 54.1 Å². The summed E-state index contributed by atoms with van der Waals surface area (Å²) in [4.78, 5) is 17.2. The van der Waals surface area contributed by atoms with Gasteiger partial charge in [-0.3, -0.25) is 14.0 Å². The van der Waals surface area contributed by atoms with Crippen molar-refractivity contribution in [3.8, 4) is 5.75 Å². The molecule has 0 aliphatic carbocycles. The quantitative estimate of drug-likeness (QED) is 0.703. The van der Waals surface area contributed by atoms with E-state index >= 15 is 0 Å². The smallest absolute Gasteiger partial charge is 0.264 e. The minimum atomic E-state index is -3.80. The van der Waals surface area contributed by atoms with E-state index in [1.807, 2.05) is 0 Å². The lowest BCUT2D eigenvalue weighted by molar-refractivity contribution is 0.0595. The molecule has 2 aromatic rings. The van der Waals surface area contributed by atoms with Crippen molar-refractivity contribution in [3.63, 3.8) is 0 Å². The van der Waals surface area contributed by atoms with Crippen LogP contribution in [0.1, 0.15) is 24.2 Å². The molecule has 2 aromatic carbocycles. The SMILES string of the molecule is COc1ccc(N(C)S(=O)(=O)c2cccc(C(=O)N3CCN(C(C)C)CC3)c2)cc1. The molecule has 0 bridgehead atoms. The second kappa shape index (κ2) is 9.06. The van der Waals surface area contributed by atoms with Crippen molar-refractivity contribution in [1.29, 1.82) is 0 Å². The molecule has 1 saturated heterocycles. The van der Waals surface area contributed by atoms with E-state index in [1.165, 1.54) is 23.5 Å². The summed E-state index contributed by atoms with van der Waals surface area (Å²) in [6, 6.07) is 13.5. The zero-order valence-corrected chi connectivity index (χ0v) is 18.7. The fraction of sp³-hybridized carbons (Fsp3) is 0.409. The first-order valence-corrected chi connectivity index (χ1v) is 11.4. The summed E-state index contributed by atoms with van der Waals surface area (Å²) in [5, 5.41) is 0. The van der Waals surface area contributed by atoms with Crippen molar-refractivity contribution >= 4 is 21.6 Å². The zero-order chi connectivity index (χ0) is 21.9. The van der Waals surface area contributed by atoms with Crippen LogP contribution in [0.25, 0.3) is 0 Å². The Hall–Kier alpha value is -2.58. The van der Waals surface area contributed by atoms with Gasteiger partial charge in [0.15, 0.2) is 0 Å². The Balaban J connectivity index is 1.79. The Bertz CT molecular complexity index is 982. The van der Waals surface area contributed by atoms with Gasteiger partial charge in [-0.15, -0.1) is 0 Å². The number of carbonyl (C=O) groups excluding carboxylic acids is 1. The summed E-state index contributed by atoms with van der Waals surface area (Å²) in [5.74, 6) is 0.511. The highest BCUT2D eigenvalue weighted by Gasteiger charge is 2.26. The molecule has 1 amide bonds. The lowest BCUT2D eigenvalue weighted by Gasteiger charge is -2.37. The maximum Gasteiger partial charge on any atom is 0.264 e. The highest BCUT2D eigenvalue weighted by molar-refractivity contribution is 7.92. The van der Waals surface area contributed by atoms with Crippen LogP contribution in [-0.4, -0.2) is 70.5 Å². The summed E-state index contributed by atoms with van der Waals surface area (Å²) < 4.78 is 32.6. The third-order valence-electron chi connectivity index (χ3n) is 5.51. The fourth-order valence-corrected chi connectivity index (χ4v) is 4.74. The molecular formula is C22H29N3O4S. The molecule has 1 aliphatic rings. The number of rotatable bonds is 6. The number of carbonyl (C=O) groups is 1. The highest BCUT2D eigenvalue weighted by Crippen LogP contribution is 2.25. The number of sulfonamides is 1. The van der Waals surface area contributed by atoms with Crippen molar-refractivity contribution in [1.82, 2.24) is 9.80 Å². The van der Waals surface area contributed by atoms with Gasteiger partial charge in [0.1, 0.15) is 5.75 Å². The monoisotopic (exact) mass is 431 g/mol. The molecule has 3 rings (SSSR count). The van der Waals surface area contributed by atoms with E-state index in [9.17, 15) is 13.2 Å². The van der Waals surface area contributed by atoms with Crippen LogP contribution >= 0.6 is 0 Å². The highest BCUT2D eigenvalue weighted by atomic mass is 32.2. The lowest BCUT2D eigenvalue weighted by atomic mass is 10.1. The van der Waals surface area contributed by atoms with E-state index in [4.69, 9.17) is 4.74 Å². The summed E-state index contributed by atoms with van der Waals surface area (Å²) in [6.45, 7) is 7.21. The number of amides is 1. The van der Waals surface area contributed by atoms with Crippen LogP contribution in [0.2, 0.25) is 0 Å². The molecule has 1 aliphatic heterocycles. The molecule has 7 nitrogen and oxygen atoms in total. The van der Waals surface area contributed by atoms with E-state index in [-0.39, 0.29) is 10.8 Å². The maximum atomic E-state index is 13.1. The largest absolute Gasteiger partial charge is 0.497 e. The first kappa shape index (κ1) is 22.1. The van der Waals surface area contributed by atoms with Gasteiger partial charge in [-0.25, -0.2) is 8.42 Å². The molecule has 0 N–H and O–H groups in total. The van der Waals surface area contributed by atoms with Crippen LogP contribution in [-0.2, 0) is 10.0 Å². The molecule has 0 unspecified atom stereocenters. The third-order valence-corrected chi connectivity index (χ3v) is 7.29. The third kappa shape index (κ3) is 4.60. The fourth-order valence-electron chi connectivity index (χ4n) is 3.50. The molecule has 0 spiro atoms. The number of nitrogens with zero attached hydrogens (tertiary/aromatic N) is 3. The second-order valence-electron chi connectivity index (χ2n) is 7.62. The van der Waals surface area contributed by atoms with Gasteiger partial charge in [-0.2, -0.15) is 0 Å². The van der Waals surface area contributed by atoms with Gasteiger partial charge in [0.25, 0.3) is 15.9 Å². The topological polar surface area (TPSA) is 70.2 Å². The maximum absolute atomic E-state index is 13.1. The van der Waals surface area contributed by atoms with Gasteiger partial charge < -0.3 is 9.64 Å². The molecule has 0 aromatic heterocycles. The lowest BCUT2D eigenvalue weighted by Crippen LogP contribution is -2.50. The van der Waals surface area contributed by atoms with Crippen molar-refractivity contribution in [2.24, 2.45) is 0 Å². The Labute approximate surface area is 178 Å². The Morgan fingerprint density at radius 3 is 2.23 bits per heavy atom. The summed E-state index contributed by atoms with van der Waals surface area (Å²) in [5.41, 5.74) is 0.898. The molecule has 0 atom stereocenters. The molecule has 1 fully saturated rings. The first-order valence-electron chi connectivity index (χ1n) is 10.0. The number of piperazine rings is 1. The van der Waals surface area contributed by atoms with Gasteiger partial charge >= 0.3 is 0 Å². The van der Waals surface area contributed by atoms with Crippen LogP contribution in [0, 0.1) is 0 Å². The number of hydrogen-bond donors (Lipinski definition) is 0. The second-order valence-corrected chi connectivity index (χ2v) is 9.59. The molecule has 30 heavy (non-hydrogen) atoms. The van der Waals surface area contributed by atoms with Gasteiger partial charge in [-0.1, -0.05) is 6.07 Å². The van der Waals surface area contributed by atoms with Crippen molar-refractivity contribution < 1.29 is 17.9 Å². The Kier molecular flexibility index (Phi) is 6.67. The van der Waals surface area contributed by atoms with Gasteiger partial charge in [0.2, 0.25) is 0 Å². The summed E-state index contributed by atoms with van der Waals surface area (Å²) in [7, 11) is -0.752. The van der Waals surface area contributed by atoms with Crippen LogP contribution in [0.15, 0.2) is 53.4 Å². The average Bonchev–Trinajstić information content (AvgIpc) is 2.78. The van der Waals surface area contributed by atoms with E-state index < -0.39 is 10.0 Å². The van der Waals surface area contributed by atoms with Gasteiger partial charge in [0.05, 0.1) is 17.7 Å². The van der Waals surface area contributed by atoms with Crippen LogP contribution in [0.3, 0.4) is 0 Å². The Morgan fingerprint density at radius 2 is 1.67 bits per heavy atom. The van der Waals surface area contributed by atoms with Crippen molar-refractivity contribution in [2.45, 2.75) is 24.8 Å².